The summed E-state index contributed by atoms with van der Waals surface area (Å²) < 4.78 is 5.15. The molecule has 2 saturated carbocycles. The van der Waals surface area contributed by atoms with Crippen LogP contribution in [0.2, 0.25) is 0 Å². The summed E-state index contributed by atoms with van der Waals surface area (Å²) >= 11 is 0. The van der Waals surface area contributed by atoms with Crippen molar-refractivity contribution in [1.82, 2.24) is 15.5 Å². The fourth-order valence-electron chi connectivity index (χ4n) is 2.69. The van der Waals surface area contributed by atoms with Crippen LogP contribution in [0.3, 0.4) is 0 Å². The Balaban J connectivity index is 1.30. The number of nitrogens with zero attached hydrogens (tertiary/aromatic N) is 2. The Kier molecular flexibility index (Phi) is 2.98. The molecule has 1 amide bonds. The fraction of sp³-hybridized carbons (Fsp3) is 0.438. The van der Waals surface area contributed by atoms with E-state index in [0.29, 0.717) is 24.3 Å². The maximum Gasteiger partial charge on any atom is 0.246 e. The molecule has 5 nitrogen and oxygen atoms in total. The number of hydrogen-bond acceptors (Lipinski definition) is 4. The molecule has 5 heteroatoms. The zero-order valence-corrected chi connectivity index (χ0v) is 11.7. The highest BCUT2D eigenvalue weighted by Crippen LogP contribution is 2.47. The van der Waals surface area contributed by atoms with E-state index >= 15 is 0 Å². The molecular formula is C16H17N3O2. The van der Waals surface area contributed by atoms with E-state index in [2.05, 4.69) is 27.6 Å². The van der Waals surface area contributed by atoms with Gasteiger partial charge < -0.3 is 9.84 Å². The summed E-state index contributed by atoms with van der Waals surface area (Å²) in [6.07, 6.45) is 3.21. The third-order valence-corrected chi connectivity index (χ3v) is 4.20. The highest BCUT2D eigenvalue weighted by atomic mass is 16.5. The Morgan fingerprint density at radius 2 is 2.10 bits per heavy atom. The quantitative estimate of drug-likeness (QED) is 0.914. The zero-order chi connectivity index (χ0) is 14.2. The van der Waals surface area contributed by atoms with Crippen LogP contribution in [0.5, 0.6) is 0 Å². The molecule has 0 spiro atoms. The van der Waals surface area contributed by atoms with Crippen LogP contribution < -0.4 is 5.32 Å². The largest absolute Gasteiger partial charge is 0.347 e. The molecule has 0 saturated heterocycles. The van der Waals surface area contributed by atoms with Gasteiger partial charge in [0, 0.05) is 11.8 Å². The smallest absolute Gasteiger partial charge is 0.246 e. The van der Waals surface area contributed by atoms with Gasteiger partial charge in [-0.2, -0.15) is 4.98 Å². The van der Waals surface area contributed by atoms with Crippen molar-refractivity contribution < 1.29 is 9.32 Å². The average molecular weight is 283 g/mol. The molecule has 108 valence electrons. The van der Waals surface area contributed by atoms with Gasteiger partial charge in [-0.25, -0.2) is 0 Å². The molecule has 2 fully saturated rings. The lowest BCUT2D eigenvalue weighted by Gasteiger charge is -2.02. The van der Waals surface area contributed by atoms with Gasteiger partial charge in [0.25, 0.3) is 0 Å². The van der Waals surface area contributed by atoms with Crippen LogP contribution in [0, 0.1) is 5.92 Å². The number of amides is 1. The van der Waals surface area contributed by atoms with E-state index in [1.165, 1.54) is 5.56 Å². The van der Waals surface area contributed by atoms with Crippen molar-refractivity contribution in [2.45, 2.75) is 37.6 Å². The fourth-order valence-corrected chi connectivity index (χ4v) is 2.69. The number of nitrogens with one attached hydrogen (secondary N) is 1. The predicted octanol–water partition coefficient (Wildman–Crippen LogP) is 2.37. The lowest BCUT2D eigenvalue weighted by molar-refractivity contribution is -0.122. The van der Waals surface area contributed by atoms with Crippen molar-refractivity contribution in [3.8, 4) is 0 Å². The Labute approximate surface area is 122 Å². The van der Waals surface area contributed by atoms with Crippen LogP contribution in [-0.2, 0) is 11.3 Å². The van der Waals surface area contributed by atoms with E-state index in [1.54, 1.807) is 0 Å². The second kappa shape index (κ2) is 4.98. The number of hydrogen-bond donors (Lipinski definition) is 1. The molecule has 1 N–H and O–H groups in total. The SMILES string of the molecule is O=C(NCc1nc(C2CC2)no1)[C@@H]1C[C@H]1c1ccccc1. The third-order valence-electron chi connectivity index (χ3n) is 4.20. The minimum atomic E-state index is 0.0787. The molecule has 0 bridgehead atoms. The van der Waals surface area contributed by atoms with Crippen LogP contribution >= 0.6 is 0 Å². The molecule has 1 aromatic heterocycles. The topological polar surface area (TPSA) is 68.0 Å². The van der Waals surface area contributed by atoms with Crippen molar-refractivity contribution in [1.29, 1.82) is 0 Å². The first kappa shape index (κ1) is 12.6. The molecule has 1 aromatic carbocycles. The molecule has 0 aliphatic heterocycles. The number of aromatic nitrogens is 2. The normalized spacial score (nSPS) is 23.8. The van der Waals surface area contributed by atoms with Crippen LogP contribution in [0.1, 0.15) is 48.4 Å². The second-order valence-corrected chi connectivity index (χ2v) is 5.90. The zero-order valence-electron chi connectivity index (χ0n) is 11.7. The maximum atomic E-state index is 12.1. The molecule has 2 aromatic rings. The van der Waals surface area contributed by atoms with E-state index in [0.717, 1.165) is 25.1 Å². The Morgan fingerprint density at radius 3 is 2.86 bits per heavy atom. The molecule has 2 aliphatic rings. The number of carbonyl (C=O) groups excluding carboxylic acids is 1. The third kappa shape index (κ3) is 2.68. The Hall–Kier alpha value is -2.17. The summed E-state index contributed by atoms with van der Waals surface area (Å²) in [5.41, 5.74) is 1.24. The van der Waals surface area contributed by atoms with Gasteiger partial charge in [0.05, 0.1) is 6.54 Å². The summed E-state index contributed by atoms with van der Waals surface area (Å²) in [7, 11) is 0. The second-order valence-electron chi connectivity index (χ2n) is 5.90. The molecule has 0 unspecified atom stereocenters. The first-order valence-electron chi connectivity index (χ1n) is 7.46. The van der Waals surface area contributed by atoms with Crippen molar-refractivity contribution in [3.05, 3.63) is 47.6 Å². The van der Waals surface area contributed by atoms with Gasteiger partial charge >= 0.3 is 0 Å². The van der Waals surface area contributed by atoms with Gasteiger partial charge in [-0.1, -0.05) is 35.5 Å². The van der Waals surface area contributed by atoms with Crippen molar-refractivity contribution in [2.24, 2.45) is 5.92 Å². The summed E-state index contributed by atoms with van der Waals surface area (Å²) in [5.74, 6) is 2.28. The molecule has 1 heterocycles. The van der Waals surface area contributed by atoms with Crippen LogP contribution in [-0.4, -0.2) is 16.0 Å². The summed E-state index contributed by atoms with van der Waals surface area (Å²) in [4.78, 5) is 16.4. The highest BCUT2D eigenvalue weighted by molar-refractivity contribution is 5.82. The molecule has 0 radical (unpaired) electrons. The van der Waals surface area contributed by atoms with Crippen molar-refractivity contribution in [3.63, 3.8) is 0 Å². The lowest BCUT2D eigenvalue weighted by atomic mass is 10.1. The molecule has 2 aliphatic carbocycles. The van der Waals surface area contributed by atoms with E-state index in [4.69, 9.17) is 4.52 Å². The van der Waals surface area contributed by atoms with E-state index in [9.17, 15) is 4.79 Å². The standard InChI is InChI=1S/C16H17N3O2/c20-16(13-8-12(13)10-4-2-1-3-5-10)17-9-14-18-15(19-21-14)11-6-7-11/h1-5,11-13H,6-9H2,(H,17,20)/t12-,13+/m0/s1. The van der Waals surface area contributed by atoms with Gasteiger partial charge in [-0.05, 0) is 30.7 Å². The minimum absolute atomic E-state index is 0.0787. The monoisotopic (exact) mass is 283 g/mol. The molecule has 21 heavy (non-hydrogen) atoms. The minimum Gasteiger partial charge on any atom is -0.347 e. The van der Waals surface area contributed by atoms with Crippen LogP contribution in [0.4, 0.5) is 0 Å². The lowest BCUT2D eigenvalue weighted by Crippen LogP contribution is -2.25. The van der Waals surface area contributed by atoms with Gasteiger partial charge in [-0.15, -0.1) is 0 Å². The number of benzene rings is 1. The maximum absolute atomic E-state index is 12.1. The van der Waals surface area contributed by atoms with Gasteiger partial charge in [-0.3, -0.25) is 4.79 Å². The van der Waals surface area contributed by atoms with E-state index in [-0.39, 0.29) is 11.8 Å². The van der Waals surface area contributed by atoms with Crippen molar-refractivity contribution in [2.75, 3.05) is 0 Å². The van der Waals surface area contributed by atoms with Gasteiger partial charge in [0.2, 0.25) is 11.8 Å². The summed E-state index contributed by atoms with van der Waals surface area (Å²) in [6, 6.07) is 10.2. The van der Waals surface area contributed by atoms with Crippen LogP contribution in [0.15, 0.2) is 34.9 Å². The van der Waals surface area contributed by atoms with E-state index < -0.39 is 0 Å². The molecular weight excluding hydrogens is 266 g/mol. The highest BCUT2D eigenvalue weighted by Gasteiger charge is 2.43. The van der Waals surface area contributed by atoms with Crippen molar-refractivity contribution >= 4 is 5.91 Å². The first-order chi connectivity index (χ1) is 10.3. The van der Waals surface area contributed by atoms with E-state index in [1.807, 2.05) is 18.2 Å². The molecule has 2 atom stereocenters. The Morgan fingerprint density at radius 1 is 1.29 bits per heavy atom. The van der Waals surface area contributed by atoms with Gasteiger partial charge in [0.15, 0.2) is 5.82 Å². The van der Waals surface area contributed by atoms with Crippen LogP contribution in [0.25, 0.3) is 0 Å². The number of rotatable bonds is 5. The summed E-state index contributed by atoms with van der Waals surface area (Å²) in [6.45, 7) is 0.330. The Bertz CT molecular complexity index is 649. The molecule has 4 rings (SSSR count). The first-order valence-corrected chi connectivity index (χ1v) is 7.46. The predicted molar refractivity (Wildman–Crippen MR) is 75.4 cm³/mol. The number of carbonyl (C=O) groups is 1. The summed E-state index contributed by atoms with van der Waals surface area (Å²) in [5, 5.41) is 6.84. The average Bonchev–Trinajstić information content (AvgIpc) is 3.44. The van der Waals surface area contributed by atoms with Gasteiger partial charge in [0.1, 0.15) is 0 Å².